The third-order valence-electron chi connectivity index (χ3n) is 3.13. The van der Waals surface area contributed by atoms with Crippen molar-refractivity contribution < 1.29 is 4.39 Å². The van der Waals surface area contributed by atoms with E-state index in [1.165, 1.54) is 12.1 Å². The quantitative estimate of drug-likeness (QED) is 0.857. The fourth-order valence-corrected chi connectivity index (χ4v) is 1.89. The Balaban J connectivity index is 1.99. The molecule has 1 aromatic heterocycles. The molecule has 1 aliphatic carbocycles. The Hall–Kier alpha value is -2.15. The van der Waals surface area contributed by atoms with E-state index < -0.39 is 5.41 Å². The molecule has 84 valence electrons. The third-order valence-corrected chi connectivity index (χ3v) is 3.13. The van der Waals surface area contributed by atoms with Gasteiger partial charge in [0.25, 0.3) is 0 Å². The summed E-state index contributed by atoms with van der Waals surface area (Å²) in [4.78, 5) is 7.34. The predicted molar refractivity (Wildman–Crippen MR) is 60.5 cm³/mol. The minimum Gasteiger partial charge on any atom is -0.341 e. The highest BCUT2D eigenvalue weighted by molar-refractivity contribution is 5.59. The maximum atomic E-state index is 13.1. The van der Waals surface area contributed by atoms with E-state index in [2.05, 4.69) is 16.0 Å². The minimum atomic E-state index is -0.425. The van der Waals surface area contributed by atoms with Crippen LogP contribution in [0.5, 0.6) is 0 Å². The van der Waals surface area contributed by atoms with Gasteiger partial charge in [-0.1, -0.05) is 12.1 Å². The molecule has 1 aromatic carbocycles. The number of benzene rings is 1. The SMILES string of the molecule is N#CC1(c2ncc(-c3cccc(F)c3)[nH]2)CC1. The first-order chi connectivity index (χ1) is 8.23. The Labute approximate surface area is 97.9 Å². The predicted octanol–water partition coefficient (Wildman–Crippen LogP) is 2.77. The lowest BCUT2D eigenvalue weighted by Gasteiger charge is -2.00. The van der Waals surface area contributed by atoms with Crippen LogP contribution in [0.3, 0.4) is 0 Å². The lowest BCUT2D eigenvalue weighted by Crippen LogP contribution is -2.04. The molecule has 3 rings (SSSR count). The number of aromatic nitrogens is 2. The average Bonchev–Trinajstić information content (AvgIpc) is 2.99. The smallest absolute Gasteiger partial charge is 0.127 e. The Kier molecular flexibility index (Phi) is 2.02. The largest absolute Gasteiger partial charge is 0.341 e. The van der Waals surface area contributed by atoms with Crippen LogP contribution < -0.4 is 0 Å². The van der Waals surface area contributed by atoms with E-state index in [9.17, 15) is 4.39 Å². The molecule has 1 aliphatic rings. The molecule has 4 heteroatoms. The fraction of sp³-hybridized carbons (Fsp3) is 0.231. The molecule has 17 heavy (non-hydrogen) atoms. The van der Waals surface area contributed by atoms with Gasteiger partial charge >= 0.3 is 0 Å². The first-order valence-electron chi connectivity index (χ1n) is 5.46. The van der Waals surface area contributed by atoms with Gasteiger partial charge in [0.1, 0.15) is 17.1 Å². The van der Waals surface area contributed by atoms with Crippen LogP contribution in [0.2, 0.25) is 0 Å². The summed E-state index contributed by atoms with van der Waals surface area (Å²) >= 11 is 0. The number of nitrogens with zero attached hydrogens (tertiary/aromatic N) is 2. The van der Waals surface area contributed by atoms with Crippen molar-refractivity contribution in [3.63, 3.8) is 0 Å². The first kappa shape index (κ1) is 10.0. The second-order valence-electron chi connectivity index (χ2n) is 4.35. The molecular formula is C13H10FN3. The molecule has 0 amide bonds. The van der Waals surface area contributed by atoms with Crippen molar-refractivity contribution in [2.24, 2.45) is 0 Å². The highest BCUT2D eigenvalue weighted by Crippen LogP contribution is 2.46. The van der Waals surface area contributed by atoms with Crippen molar-refractivity contribution in [2.45, 2.75) is 18.3 Å². The molecule has 0 atom stereocenters. The van der Waals surface area contributed by atoms with Crippen LogP contribution in [0.4, 0.5) is 4.39 Å². The lowest BCUT2D eigenvalue weighted by molar-refractivity contribution is 0.628. The molecule has 1 fully saturated rings. The average molecular weight is 227 g/mol. The molecule has 1 saturated carbocycles. The number of nitriles is 1. The first-order valence-corrected chi connectivity index (χ1v) is 5.46. The number of rotatable bonds is 2. The van der Waals surface area contributed by atoms with Gasteiger partial charge in [0.2, 0.25) is 0 Å². The Morgan fingerprint density at radius 1 is 1.41 bits per heavy atom. The standard InChI is InChI=1S/C13H10FN3/c14-10-3-1-2-9(6-10)11-7-16-12(17-11)13(8-15)4-5-13/h1-3,6-7H,4-5H2,(H,16,17). The molecule has 2 aromatic rings. The molecule has 0 saturated heterocycles. The second-order valence-corrected chi connectivity index (χ2v) is 4.35. The highest BCUT2D eigenvalue weighted by atomic mass is 19.1. The fourth-order valence-electron chi connectivity index (χ4n) is 1.89. The number of halogens is 1. The molecule has 1 heterocycles. The van der Waals surface area contributed by atoms with Crippen molar-refractivity contribution in [1.29, 1.82) is 5.26 Å². The van der Waals surface area contributed by atoms with E-state index in [1.54, 1.807) is 12.3 Å². The normalized spacial score (nSPS) is 16.5. The zero-order chi connectivity index (χ0) is 11.9. The number of nitrogens with one attached hydrogen (secondary N) is 1. The van der Waals surface area contributed by atoms with Gasteiger partial charge in [-0.3, -0.25) is 0 Å². The van der Waals surface area contributed by atoms with Gasteiger partial charge in [0, 0.05) is 5.56 Å². The van der Waals surface area contributed by atoms with Crippen LogP contribution in [0.1, 0.15) is 18.7 Å². The summed E-state index contributed by atoms with van der Waals surface area (Å²) in [5.74, 6) is 0.416. The highest BCUT2D eigenvalue weighted by Gasteiger charge is 2.47. The van der Waals surface area contributed by atoms with Crippen LogP contribution in [-0.4, -0.2) is 9.97 Å². The van der Waals surface area contributed by atoms with Crippen LogP contribution in [0.25, 0.3) is 11.3 Å². The van der Waals surface area contributed by atoms with E-state index in [0.717, 1.165) is 24.1 Å². The third kappa shape index (κ3) is 1.60. The molecular weight excluding hydrogens is 217 g/mol. The Morgan fingerprint density at radius 3 is 2.88 bits per heavy atom. The molecule has 0 bridgehead atoms. The molecule has 1 N–H and O–H groups in total. The summed E-state index contributed by atoms with van der Waals surface area (Å²) in [6, 6.07) is 8.59. The van der Waals surface area contributed by atoms with Gasteiger partial charge in [-0.05, 0) is 25.0 Å². The second kappa shape index (κ2) is 3.42. The van der Waals surface area contributed by atoms with Gasteiger partial charge < -0.3 is 4.98 Å². The van der Waals surface area contributed by atoms with Gasteiger partial charge in [-0.15, -0.1) is 0 Å². The number of hydrogen-bond acceptors (Lipinski definition) is 2. The van der Waals surface area contributed by atoms with Crippen molar-refractivity contribution >= 4 is 0 Å². The summed E-state index contributed by atoms with van der Waals surface area (Å²) in [6.07, 6.45) is 3.35. The van der Waals surface area contributed by atoms with Crippen molar-refractivity contribution in [1.82, 2.24) is 9.97 Å². The number of imidazole rings is 1. The van der Waals surface area contributed by atoms with E-state index >= 15 is 0 Å². The summed E-state index contributed by atoms with van der Waals surface area (Å²) in [7, 11) is 0. The van der Waals surface area contributed by atoms with E-state index in [1.807, 2.05) is 6.07 Å². The van der Waals surface area contributed by atoms with Crippen LogP contribution in [0, 0.1) is 17.1 Å². The molecule has 0 spiro atoms. The maximum absolute atomic E-state index is 13.1. The van der Waals surface area contributed by atoms with Gasteiger partial charge in [-0.25, -0.2) is 9.37 Å². The molecule has 3 nitrogen and oxygen atoms in total. The van der Waals surface area contributed by atoms with Crippen LogP contribution in [0.15, 0.2) is 30.5 Å². The van der Waals surface area contributed by atoms with E-state index in [-0.39, 0.29) is 5.82 Å². The maximum Gasteiger partial charge on any atom is 0.127 e. The van der Waals surface area contributed by atoms with Crippen LogP contribution >= 0.6 is 0 Å². The molecule has 0 radical (unpaired) electrons. The van der Waals surface area contributed by atoms with Crippen molar-refractivity contribution in [2.75, 3.05) is 0 Å². The zero-order valence-electron chi connectivity index (χ0n) is 9.07. The number of H-pyrrole nitrogens is 1. The number of aromatic amines is 1. The Bertz CT molecular complexity index is 605. The zero-order valence-corrected chi connectivity index (χ0v) is 9.07. The van der Waals surface area contributed by atoms with Gasteiger partial charge in [-0.2, -0.15) is 5.26 Å². The van der Waals surface area contributed by atoms with Gasteiger partial charge in [0.15, 0.2) is 0 Å². The van der Waals surface area contributed by atoms with Gasteiger partial charge in [0.05, 0.1) is 18.0 Å². The molecule has 0 unspecified atom stereocenters. The topological polar surface area (TPSA) is 52.5 Å². The summed E-state index contributed by atoms with van der Waals surface area (Å²) < 4.78 is 13.1. The summed E-state index contributed by atoms with van der Waals surface area (Å²) in [6.45, 7) is 0. The monoisotopic (exact) mass is 227 g/mol. The van der Waals surface area contributed by atoms with Crippen molar-refractivity contribution in [3.8, 4) is 17.3 Å². The summed E-state index contributed by atoms with van der Waals surface area (Å²) in [5.41, 5.74) is 1.07. The Morgan fingerprint density at radius 2 is 2.24 bits per heavy atom. The van der Waals surface area contributed by atoms with E-state index in [0.29, 0.717) is 5.82 Å². The lowest BCUT2D eigenvalue weighted by atomic mass is 10.1. The summed E-state index contributed by atoms with van der Waals surface area (Å²) in [5, 5.41) is 9.06. The number of hydrogen-bond donors (Lipinski definition) is 1. The minimum absolute atomic E-state index is 0.278. The van der Waals surface area contributed by atoms with Crippen LogP contribution in [-0.2, 0) is 5.41 Å². The van der Waals surface area contributed by atoms with E-state index in [4.69, 9.17) is 5.26 Å². The van der Waals surface area contributed by atoms with Crippen molar-refractivity contribution in [3.05, 3.63) is 42.1 Å². The molecule has 0 aliphatic heterocycles.